The Morgan fingerprint density at radius 1 is 0.842 bits per heavy atom. The SMILES string of the molecule is O=C(C=CCOCC=CC(=O)OCCO)OCCO. The van der Waals surface area contributed by atoms with E-state index in [2.05, 4.69) is 9.47 Å². The number of ether oxygens (including phenoxy) is 3. The maximum atomic E-state index is 10.9. The maximum Gasteiger partial charge on any atom is 0.330 e. The van der Waals surface area contributed by atoms with Crippen LogP contribution in [0.1, 0.15) is 0 Å². The quantitative estimate of drug-likeness (QED) is 0.305. The van der Waals surface area contributed by atoms with Crippen molar-refractivity contribution >= 4 is 11.9 Å². The molecule has 0 rings (SSSR count). The topological polar surface area (TPSA) is 102 Å². The molecule has 0 heterocycles. The highest BCUT2D eigenvalue weighted by molar-refractivity contribution is 5.82. The first-order valence-electron chi connectivity index (χ1n) is 5.66. The van der Waals surface area contributed by atoms with Gasteiger partial charge in [-0.25, -0.2) is 9.59 Å². The van der Waals surface area contributed by atoms with Crippen LogP contribution in [0.25, 0.3) is 0 Å². The van der Waals surface area contributed by atoms with Gasteiger partial charge < -0.3 is 24.4 Å². The Hall–Kier alpha value is -1.70. The Kier molecular flexibility index (Phi) is 11.6. The zero-order valence-electron chi connectivity index (χ0n) is 10.5. The third-order valence-electron chi connectivity index (χ3n) is 1.61. The van der Waals surface area contributed by atoms with E-state index in [0.717, 1.165) is 0 Å². The van der Waals surface area contributed by atoms with Gasteiger partial charge in [-0.3, -0.25) is 0 Å². The molecule has 0 aromatic carbocycles. The van der Waals surface area contributed by atoms with Gasteiger partial charge in [-0.2, -0.15) is 0 Å². The van der Waals surface area contributed by atoms with Gasteiger partial charge in [-0.15, -0.1) is 0 Å². The second-order valence-electron chi connectivity index (χ2n) is 3.12. The van der Waals surface area contributed by atoms with Crippen LogP contribution in [0, 0.1) is 0 Å². The predicted molar refractivity (Wildman–Crippen MR) is 65.2 cm³/mol. The van der Waals surface area contributed by atoms with E-state index in [4.69, 9.17) is 14.9 Å². The van der Waals surface area contributed by atoms with Crippen LogP contribution >= 0.6 is 0 Å². The summed E-state index contributed by atoms with van der Waals surface area (Å²) in [5.41, 5.74) is 0. The minimum atomic E-state index is -0.555. The minimum Gasteiger partial charge on any atom is -0.460 e. The Morgan fingerprint density at radius 2 is 1.26 bits per heavy atom. The molecule has 0 amide bonds. The molecule has 0 fully saturated rings. The molecule has 2 N–H and O–H groups in total. The first-order chi connectivity index (χ1) is 9.20. The molecule has 0 aliphatic carbocycles. The maximum absolute atomic E-state index is 10.9. The number of hydrogen-bond donors (Lipinski definition) is 2. The summed E-state index contributed by atoms with van der Waals surface area (Å²) in [6.45, 7) is -0.138. The van der Waals surface area contributed by atoms with Gasteiger partial charge in [0.2, 0.25) is 0 Å². The largest absolute Gasteiger partial charge is 0.460 e. The Balaban J connectivity index is 3.53. The summed E-state index contributed by atoms with van der Waals surface area (Å²) in [5, 5.41) is 16.8. The number of carbonyl (C=O) groups is 2. The number of aliphatic hydroxyl groups is 2. The molecule has 19 heavy (non-hydrogen) atoms. The van der Waals surface area contributed by atoms with Crippen molar-refractivity contribution < 1.29 is 34.0 Å². The van der Waals surface area contributed by atoms with Crippen LogP contribution in [-0.4, -0.2) is 61.8 Å². The fourth-order valence-corrected chi connectivity index (χ4v) is 0.881. The van der Waals surface area contributed by atoms with Gasteiger partial charge in [0.25, 0.3) is 0 Å². The monoisotopic (exact) mass is 274 g/mol. The summed E-state index contributed by atoms with van der Waals surface area (Å²) >= 11 is 0. The molecule has 7 heteroatoms. The second kappa shape index (κ2) is 12.7. The number of carbonyl (C=O) groups excluding carboxylic acids is 2. The van der Waals surface area contributed by atoms with Crippen molar-refractivity contribution in [3.63, 3.8) is 0 Å². The van der Waals surface area contributed by atoms with Crippen LogP contribution in [-0.2, 0) is 23.8 Å². The number of aliphatic hydroxyl groups excluding tert-OH is 2. The van der Waals surface area contributed by atoms with Gasteiger partial charge in [0.05, 0.1) is 26.4 Å². The van der Waals surface area contributed by atoms with Crippen molar-refractivity contribution in [1.29, 1.82) is 0 Å². The van der Waals surface area contributed by atoms with Gasteiger partial charge in [0, 0.05) is 12.2 Å². The third kappa shape index (κ3) is 12.5. The highest BCUT2D eigenvalue weighted by atomic mass is 16.5. The first-order valence-corrected chi connectivity index (χ1v) is 5.66. The zero-order chi connectivity index (χ0) is 14.3. The molecule has 0 saturated heterocycles. The predicted octanol–water partition coefficient (Wildman–Crippen LogP) is -0.814. The van der Waals surface area contributed by atoms with E-state index in [1.807, 2.05) is 0 Å². The van der Waals surface area contributed by atoms with E-state index in [1.165, 1.54) is 24.3 Å². The summed E-state index contributed by atoms with van der Waals surface area (Å²) in [6.07, 6.45) is 5.29. The van der Waals surface area contributed by atoms with Crippen LogP contribution in [0.4, 0.5) is 0 Å². The van der Waals surface area contributed by atoms with Gasteiger partial charge in [-0.05, 0) is 0 Å². The summed E-state index contributed by atoms with van der Waals surface area (Å²) in [6, 6.07) is 0. The lowest BCUT2D eigenvalue weighted by atomic mass is 10.5. The summed E-state index contributed by atoms with van der Waals surface area (Å²) in [4.78, 5) is 21.8. The average molecular weight is 274 g/mol. The molecule has 0 atom stereocenters. The van der Waals surface area contributed by atoms with Gasteiger partial charge >= 0.3 is 11.9 Å². The Morgan fingerprint density at radius 3 is 1.63 bits per heavy atom. The van der Waals surface area contributed by atoms with Crippen LogP contribution in [0.2, 0.25) is 0 Å². The van der Waals surface area contributed by atoms with Crippen LogP contribution in [0.15, 0.2) is 24.3 Å². The van der Waals surface area contributed by atoms with Crippen LogP contribution in [0.3, 0.4) is 0 Å². The average Bonchev–Trinajstić information content (AvgIpc) is 2.41. The molecule has 0 aromatic rings. The smallest absolute Gasteiger partial charge is 0.330 e. The zero-order valence-corrected chi connectivity index (χ0v) is 10.5. The molecular formula is C12H18O7. The van der Waals surface area contributed by atoms with E-state index >= 15 is 0 Å². The van der Waals surface area contributed by atoms with Crippen LogP contribution in [0.5, 0.6) is 0 Å². The number of hydrogen-bond acceptors (Lipinski definition) is 7. The lowest BCUT2D eigenvalue weighted by Gasteiger charge is -1.98. The summed E-state index contributed by atoms with van der Waals surface area (Å²) < 4.78 is 14.2. The summed E-state index contributed by atoms with van der Waals surface area (Å²) in [5.74, 6) is -1.11. The highest BCUT2D eigenvalue weighted by Gasteiger charge is 1.95. The first kappa shape index (κ1) is 17.3. The van der Waals surface area contributed by atoms with Crippen LogP contribution < -0.4 is 0 Å². The van der Waals surface area contributed by atoms with Crippen molar-refractivity contribution in [1.82, 2.24) is 0 Å². The van der Waals surface area contributed by atoms with Gasteiger partial charge in [0.1, 0.15) is 13.2 Å². The molecule has 0 spiro atoms. The normalized spacial score (nSPS) is 11.1. The molecule has 0 radical (unpaired) electrons. The Labute approximate surface area is 111 Å². The second-order valence-corrected chi connectivity index (χ2v) is 3.12. The minimum absolute atomic E-state index is 0.0390. The summed E-state index contributed by atoms with van der Waals surface area (Å²) in [7, 11) is 0. The fraction of sp³-hybridized carbons (Fsp3) is 0.500. The molecule has 0 saturated carbocycles. The standard InChI is InChI=1S/C12H18O7/c13-5-9-18-11(15)3-1-7-17-8-2-4-12(16)19-10-6-14/h1-4,13-14H,5-10H2. The molecule has 0 aliphatic rings. The highest BCUT2D eigenvalue weighted by Crippen LogP contribution is 1.86. The van der Waals surface area contributed by atoms with E-state index in [9.17, 15) is 9.59 Å². The van der Waals surface area contributed by atoms with E-state index in [1.54, 1.807) is 0 Å². The molecule has 108 valence electrons. The lowest BCUT2D eigenvalue weighted by Crippen LogP contribution is -2.06. The van der Waals surface area contributed by atoms with Crippen molar-refractivity contribution in [3.8, 4) is 0 Å². The van der Waals surface area contributed by atoms with Crippen molar-refractivity contribution in [2.24, 2.45) is 0 Å². The van der Waals surface area contributed by atoms with E-state index in [0.29, 0.717) is 0 Å². The number of rotatable bonds is 10. The molecule has 0 unspecified atom stereocenters. The van der Waals surface area contributed by atoms with Crippen molar-refractivity contribution in [2.45, 2.75) is 0 Å². The molecule has 0 aromatic heterocycles. The Bertz CT molecular complexity index is 279. The van der Waals surface area contributed by atoms with Gasteiger partial charge in [0.15, 0.2) is 0 Å². The number of esters is 2. The van der Waals surface area contributed by atoms with E-state index < -0.39 is 11.9 Å². The molecule has 0 bridgehead atoms. The third-order valence-corrected chi connectivity index (χ3v) is 1.61. The van der Waals surface area contributed by atoms with E-state index in [-0.39, 0.29) is 39.6 Å². The molecule has 0 aliphatic heterocycles. The fourth-order valence-electron chi connectivity index (χ4n) is 0.881. The van der Waals surface area contributed by atoms with Crippen molar-refractivity contribution in [3.05, 3.63) is 24.3 Å². The van der Waals surface area contributed by atoms with Crippen molar-refractivity contribution in [2.75, 3.05) is 39.6 Å². The lowest BCUT2D eigenvalue weighted by molar-refractivity contribution is -0.139. The van der Waals surface area contributed by atoms with Gasteiger partial charge in [-0.1, -0.05) is 12.2 Å². The molecular weight excluding hydrogens is 256 g/mol. The molecule has 7 nitrogen and oxygen atoms in total.